The highest BCUT2D eigenvalue weighted by atomic mass is 32.2. The van der Waals surface area contributed by atoms with E-state index in [1.807, 2.05) is 19.1 Å². The summed E-state index contributed by atoms with van der Waals surface area (Å²) in [5.41, 5.74) is 0.321. The van der Waals surface area contributed by atoms with E-state index < -0.39 is 20.6 Å². The number of hydrogen-bond donors (Lipinski definition) is 0. The molecule has 2 aromatic rings. The van der Waals surface area contributed by atoms with Gasteiger partial charge in [0.15, 0.2) is 5.75 Å². The Hall–Kier alpha value is -2.69. The predicted octanol–water partition coefficient (Wildman–Crippen LogP) is 2.59. The molecule has 0 N–H and O–H groups in total. The fourth-order valence-electron chi connectivity index (χ4n) is 2.93. The van der Waals surface area contributed by atoms with Gasteiger partial charge in [-0.15, -0.1) is 0 Å². The van der Waals surface area contributed by atoms with Gasteiger partial charge in [0.2, 0.25) is 10.0 Å². The molecule has 1 heterocycles. The van der Waals surface area contributed by atoms with Crippen LogP contribution in [0.25, 0.3) is 0 Å². The van der Waals surface area contributed by atoms with Crippen LogP contribution < -0.4 is 9.47 Å². The molecule has 0 aliphatic carbocycles. The van der Waals surface area contributed by atoms with Gasteiger partial charge in [0.25, 0.3) is 0 Å². The average Bonchev–Trinajstić information content (AvgIpc) is 2.73. The highest BCUT2D eigenvalue weighted by molar-refractivity contribution is 7.89. The van der Waals surface area contributed by atoms with Gasteiger partial charge in [0.1, 0.15) is 12.4 Å². The van der Waals surface area contributed by atoms with E-state index in [9.17, 15) is 18.5 Å². The lowest BCUT2D eigenvalue weighted by molar-refractivity contribution is -0.386. The standard InChI is InChI=1S/C19H22N2O7S/c1-2-27-18-6-4-3-5-15(18)14-28-19-8-7-16(13-17(19)21(22)23)29(24,25)20-9-11-26-12-10-20/h3-8,13H,2,9-12,14H2,1H3. The van der Waals surface area contributed by atoms with E-state index in [0.29, 0.717) is 25.6 Å². The van der Waals surface area contributed by atoms with Gasteiger partial charge in [-0.3, -0.25) is 10.1 Å². The van der Waals surface area contributed by atoms with Crippen LogP contribution in [-0.2, 0) is 21.4 Å². The number of benzene rings is 2. The molecule has 0 spiro atoms. The Kier molecular flexibility index (Phi) is 6.68. The van der Waals surface area contributed by atoms with Gasteiger partial charge in [0, 0.05) is 24.7 Å². The number of nitro benzene ring substituents is 1. The van der Waals surface area contributed by atoms with Crippen molar-refractivity contribution in [3.8, 4) is 11.5 Å². The van der Waals surface area contributed by atoms with E-state index >= 15 is 0 Å². The van der Waals surface area contributed by atoms with Crippen molar-refractivity contribution in [1.29, 1.82) is 0 Å². The molecular formula is C19H22N2O7S. The molecule has 0 saturated carbocycles. The van der Waals surface area contributed by atoms with Crippen molar-refractivity contribution in [3.63, 3.8) is 0 Å². The summed E-state index contributed by atoms with van der Waals surface area (Å²) >= 11 is 0. The molecule has 0 radical (unpaired) electrons. The van der Waals surface area contributed by atoms with Crippen LogP contribution in [0.2, 0.25) is 0 Å². The van der Waals surface area contributed by atoms with E-state index in [-0.39, 0.29) is 30.3 Å². The summed E-state index contributed by atoms with van der Waals surface area (Å²) in [7, 11) is -3.84. The Labute approximate surface area is 169 Å². The smallest absolute Gasteiger partial charge is 0.312 e. The SMILES string of the molecule is CCOc1ccccc1COc1ccc(S(=O)(=O)N2CCOCC2)cc1[N+](=O)[O-]. The Balaban J connectivity index is 1.84. The fraction of sp³-hybridized carbons (Fsp3) is 0.368. The van der Waals surface area contributed by atoms with Crippen molar-refractivity contribution in [2.75, 3.05) is 32.9 Å². The summed E-state index contributed by atoms with van der Waals surface area (Å²) in [5, 5.41) is 11.5. The minimum absolute atomic E-state index is 0.0118. The zero-order valence-corrected chi connectivity index (χ0v) is 16.8. The second kappa shape index (κ2) is 9.21. The second-order valence-corrected chi connectivity index (χ2v) is 8.17. The Bertz CT molecular complexity index is 972. The highest BCUT2D eigenvalue weighted by Gasteiger charge is 2.29. The Morgan fingerprint density at radius 2 is 1.83 bits per heavy atom. The monoisotopic (exact) mass is 422 g/mol. The molecular weight excluding hydrogens is 400 g/mol. The van der Waals surface area contributed by atoms with Crippen LogP contribution in [0.4, 0.5) is 5.69 Å². The number of ether oxygens (including phenoxy) is 3. The molecule has 10 heteroatoms. The largest absolute Gasteiger partial charge is 0.493 e. The summed E-state index contributed by atoms with van der Waals surface area (Å²) in [6.07, 6.45) is 0. The third-order valence-corrected chi connectivity index (χ3v) is 6.29. The van der Waals surface area contributed by atoms with Crippen LogP contribution in [0.3, 0.4) is 0 Å². The third kappa shape index (κ3) is 4.84. The highest BCUT2D eigenvalue weighted by Crippen LogP contribution is 2.32. The van der Waals surface area contributed by atoms with E-state index in [1.165, 1.54) is 16.4 Å². The lowest BCUT2D eigenvalue weighted by atomic mass is 10.2. The molecule has 0 atom stereocenters. The molecule has 156 valence electrons. The molecule has 9 nitrogen and oxygen atoms in total. The van der Waals surface area contributed by atoms with Gasteiger partial charge < -0.3 is 14.2 Å². The third-order valence-electron chi connectivity index (χ3n) is 4.39. The van der Waals surface area contributed by atoms with Crippen LogP contribution in [0.1, 0.15) is 12.5 Å². The maximum atomic E-state index is 12.8. The molecule has 1 aliphatic heterocycles. The quantitative estimate of drug-likeness (QED) is 0.475. The summed E-state index contributed by atoms with van der Waals surface area (Å²) in [6.45, 7) is 3.39. The van der Waals surface area contributed by atoms with Gasteiger partial charge in [0.05, 0.1) is 29.6 Å². The Morgan fingerprint density at radius 1 is 1.10 bits per heavy atom. The zero-order valence-electron chi connectivity index (χ0n) is 15.9. The number of rotatable bonds is 8. The molecule has 1 saturated heterocycles. The number of para-hydroxylation sites is 1. The van der Waals surface area contributed by atoms with Crippen molar-refractivity contribution < 1.29 is 27.6 Å². The number of morpholine rings is 1. The molecule has 0 aromatic heterocycles. The first-order valence-corrected chi connectivity index (χ1v) is 10.6. The van der Waals surface area contributed by atoms with Crippen molar-refractivity contribution in [2.24, 2.45) is 0 Å². The summed E-state index contributed by atoms with van der Waals surface area (Å²) in [6, 6.07) is 10.9. The average molecular weight is 422 g/mol. The Morgan fingerprint density at radius 3 is 2.52 bits per heavy atom. The topological polar surface area (TPSA) is 108 Å². The summed E-state index contributed by atoms with van der Waals surface area (Å²) in [5.74, 6) is 0.617. The van der Waals surface area contributed by atoms with Gasteiger partial charge >= 0.3 is 5.69 Å². The summed E-state index contributed by atoms with van der Waals surface area (Å²) in [4.78, 5) is 10.7. The van der Waals surface area contributed by atoms with E-state index in [1.54, 1.807) is 12.1 Å². The lowest BCUT2D eigenvalue weighted by Crippen LogP contribution is -2.40. The van der Waals surface area contributed by atoms with E-state index in [2.05, 4.69) is 0 Å². The maximum absolute atomic E-state index is 12.8. The van der Waals surface area contributed by atoms with Crippen LogP contribution in [-0.4, -0.2) is 50.6 Å². The molecule has 1 aliphatic rings. The summed E-state index contributed by atoms with van der Waals surface area (Å²) < 4.78 is 43.1. The van der Waals surface area contributed by atoms with E-state index in [4.69, 9.17) is 14.2 Å². The molecule has 3 rings (SSSR count). The zero-order chi connectivity index (χ0) is 20.9. The predicted molar refractivity (Wildman–Crippen MR) is 105 cm³/mol. The minimum Gasteiger partial charge on any atom is -0.493 e. The fourth-order valence-corrected chi connectivity index (χ4v) is 4.36. The molecule has 0 unspecified atom stereocenters. The molecule has 1 fully saturated rings. The first kappa shape index (κ1) is 21.0. The van der Waals surface area contributed by atoms with Gasteiger partial charge in [-0.1, -0.05) is 18.2 Å². The lowest BCUT2D eigenvalue weighted by Gasteiger charge is -2.26. The van der Waals surface area contributed by atoms with Crippen molar-refractivity contribution >= 4 is 15.7 Å². The molecule has 29 heavy (non-hydrogen) atoms. The number of nitrogens with zero attached hydrogens (tertiary/aromatic N) is 2. The van der Waals surface area contributed by atoms with Crippen molar-refractivity contribution in [1.82, 2.24) is 4.31 Å². The van der Waals surface area contributed by atoms with E-state index in [0.717, 1.165) is 11.6 Å². The maximum Gasteiger partial charge on any atom is 0.312 e. The van der Waals surface area contributed by atoms with Crippen LogP contribution >= 0.6 is 0 Å². The first-order valence-electron chi connectivity index (χ1n) is 9.13. The second-order valence-electron chi connectivity index (χ2n) is 6.23. The van der Waals surface area contributed by atoms with Crippen LogP contribution in [0, 0.1) is 10.1 Å². The van der Waals surface area contributed by atoms with Crippen LogP contribution in [0.15, 0.2) is 47.4 Å². The minimum atomic E-state index is -3.84. The van der Waals surface area contributed by atoms with Crippen molar-refractivity contribution in [2.45, 2.75) is 18.4 Å². The van der Waals surface area contributed by atoms with Crippen LogP contribution in [0.5, 0.6) is 11.5 Å². The van der Waals surface area contributed by atoms with Crippen molar-refractivity contribution in [3.05, 3.63) is 58.1 Å². The molecule has 2 aromatic carbocycles. The van der Waals surface area contributed by atoms with Gasteiger partial charge in [-0.25, -0.2) is 8.42 Å². The molecule has 0 amide bonds. The molecule has 0 bridgehead atoms. The number of sulfonamides is 1. The van der Waals surface area contributed by atoms with Gasteiger partial charge in [-0.2, -0.15) is 4.31 Å². The number of hydrogen-bond acceptors (Lipinski definition) is 7. The first-order chi connectivity index (χ1) is 13.9. The van der Waals surface area contributed by atoms with Gasteiger partial charge in [-0.05, 0) is 25.1 Å². The normalized spacial score (nSPS) is 15.1. The number of nitro groups is 1.